The second kappa shape index (κ2) is 6.37. The van der Waals surface area contributed by atoms with E-state index in [1.165, 1.54) is 25.7 Å². The molecule has 1 heterocycles. The SMILES string of the molecule is CCCNC(c1ncc[nH]1)C1CCC(C)C(C)C1. The first-order valence-electron chi connectivity index (χ1n) is 7.45. The highest BCUT2D eigenvalue weighted by molar-refractivity contribution is 4.99. The van der Waals surface area contributed by atoms with Crippen molar-refractivity contribution in [2.24, 2.45) is 17.8 Å². The van der Waals surface area contributed by atoms with Crippen molar-refractivity contribution in [3.63, 3.8) is 0 Å². The fourth-order valence-corrected chi connectivity index (χ4v) is 3.13. The minimum atomic E-state index is 0.412. The number of nitrogens with zero attached hydrogens (tertiary/aromatic N) is 1. The number of aromatic nitrogens is 2. The summed E-state index contributed by atoms with van der Waals surface area (Å²) in [5.74, 6) is 3.57. The fourth-order valence-electron chi connectivity index (χ4n) is 3.13. The highest BCUT2D eigenvalue weighted by Crippen LogP contribution is 2.39. The smallest absolute Gasteiger partial charge is 0.123 e. The summed E-state index contributed by atoms with van der Waals surface area (Å²) >= 11 is 0. The van der Waals surface area contributed by atoms with E-state index < -0.39 is 0 Å². The molecular weight excluding hydrogens is 222 g/mol. The van der Waals surface area contributed by atoms with Crippen LogP contribution in [0.1, 0.15) is 58.3 Å². The highest BCUT2D eigenvalue weighted by Gasteiger charge is 2.31. The zero-order chi connectivity index (χ0) is 13.0. The van der Waals surface area contributed by atoms with Crippen LogP contribution in [0.5, 0.6) is 0 Å². The summed E-state index contributed by atoms with van der Waals surface area (Å²) in [5, 5.41) is 3.68. The molecule has 1 aromatic heterocycles. The summed E-state index contributed by atoms with van der Waals surface area (Å²) in [4.78, 5) is 7.77. The summed E-state index contributed by atoms with van der Waals surface area (Å²) in [6.45, 7) is 8.08. The molecule has 1 aliphatic carbocycles. The number of rotatable bonds is 5. The molecule has 1 fully saturated rings. The number of nitrogens with one attached hydrogen (secondary N) is 2. The Morgan fingerprint density at radius 1 is 1.39 bits per heavy atom. The molecule has 0 aliphatic heterocycles. The Labute approximate surface area is 111 Å². The van der Waals surface area contributed by atoms with Crippen LogP contribution in [0.2, 0.25) is 0 Å². The molecule has 4 unspecified atom stereocenters. The third-order valence-electron chi connectivity index (χ3n) is 4.54. The Morgan fingerprint density at radius 3 is 2.83 bits per heavy atom. The van der Waals surface area contributed by atoms with Gasteiger partial charge in [-0.15, -0.1) is 0 Å². The monoisotopic (exact) mass is 249 g/mol. The quantitative estimate of drug-likeness (QED) is 0.838. The maximum atomic E-state index is 4.47. The van der Waals surface area contributed by atoms with Gasteiger partial charge in [0.05, 0.1) is 6.04 Å². The zero-order valence-electron chi connectivity index (χ0n) is 11.9. The van der Waals surface area contributed by atoms with Crippen LogP contribution in [0.3, 0.4) is 0 Å². The van der Waals surface area contributed by atoms with E-state index >= 15 is 0 Å². The van der Waals surface area contributed by atoms with E-state index in [9.17, 15) is 0 Å². The minimum Gasteiger partial charge on any atom is -0.347 e. The predicted octanol–water partition coefficient (Wildman–Crippen LogP) is 3.52. The van der Waals surface area contributed by atoms with Gasteiger partial charge in [0.15, 0.2) is 0 Å². The number of aromatic amines is 1. The van der Waals surface area contributed by atoms with Gasteiger partial charge in [0.1, 0.15) is 5.82 Å². The predicted molar refractivity (Wildman–Crippen MR) is 75.3 cm³/mol. The normalized spacial score (nSPS) is 30.3. The molecule has 1 saturated carbocycles. The molecule has 0 aromatic carbocycles. The summed E-state index contributed by atoms with van der Waals surface area (Å²) in [6, 6.07) is 0.412. The van der Waals surface area contributed by atoms with Gasteiger partial charge in [0.25, 0.3) is 0 Å². The van der Waals surface area contributed by atoms with Gasteiger partial charge in [0.2, 0.25) is 0 Å². The number of hydrogen-bond donors (Lipinski definition) is 2. The summed E-state index contributed by atoms with van der Waals surface area (Å²) in [5.41, 5.74) is 0. The third-order valence-corrected chi connectivity index (χ3v) is 4.54. The first kappa shape index (κ1) is 13.6. The number of imidazole rings is 1. The molecule has 18 heavy (non-hydrogen) atoms. The lowest BCUT2D eigenvalue weighted by Crippen LogP contribution is -2.34. The second-order valence-electron chi connectivity index (χ2n) is 5.93. The van der Waals surface area contributed by atoms with Crippen molar-refractivity contribution in [3.05, 3.63) is 18.2 Å². The summed E-state index contributed by atoms with van der Waals surface area (Å²) in [6.07, 6.45) is 8.99. The van der Waals surface area contributed by atoms with Gasteiger partial charge in [-0.1, -0.05) is 27.2 Å². The molecule has 0 spiro atoms. The van der Waals surface area contributed by atoms with Crippen molar-refractivity contribution in [1.29, 1.82) is 0 Å². The van der Waals surface area contributed by atoms with E-state index in [2.05, 4.69) is 36.1 Å². The van der Waals surface area contributed by atoms with Crippen LogP contribution < -0.4 is 5.32 Å². The van der Waals surface area contributed by atoms with E-state index in [4.69, 9.17) is 0 Å². The lowest BCUT2D eigenvalue weighted by molar-refractivity contribution is 0.168. The molecule has 1 aliphatic rings. The third kappa shape index (κ3) is 3.14. The van der Waals surface area contributed by atoms with Crippen LogP contribution in [0.15, 0.2) is 12.4 Å². The van der Waals surface area contributed by atoms with E-state index in [0.717, 1.165) is 30.1 Å². The highest BCUT2D eigenvalue weighted by atomic mass is 15.0. The molecule has 0 radical (unpaired) electrons. The molecule has 3 nitrogen and oxygen atoms in total. The Kier molecular flexibility index (Phi) is 4.81. The lowest BCUT2D eigenvalue weighted by atomic mass is 9.73. The molecule has 2 rings (SSSR count). The Hall–Kier alpha value is -0.830. The van der Waals surface area contributed by atoms with Crippen molar-refractivity contribution < 1.29 is 0 Å². The standard InChI is InChI=1S/C15H27N3/c1-4-7-16-14(15-17-8-9-18-15)13-6-5-11(2)12(3)10-13/h8-9,11-14,16H,4-7,10H2,1-3H3,(H,17,18). The summed E-state index contributed by atoms with van der Waals surface area (Å²) in [7, 11) is 0. The lowest BCUT2D eigenvalue weighted by Gasteiger charge is -2.36. The van der Waals surface area contributed by atoms with Crippen LogP contribution >= 0.6 is 0 Å². The molecule has 0 saturated heterocycles. The van der Waals surface area contributed by atoms with E-state index in [0.29, 0.717) is 6.04 Å². The second-order valence-corrected chi connectivity index (χ2v) is 5.93. The van der Waals surface area contributed by atoms with E-state index in [1.54, 1.807) is 0 Å². The largest absolute Gasteiger partial charge is 0.347 e. The minimum absolute atomic E-state index is 0.412. The molecule has 102 valence electrons. The van der Waals surface area contributed by atoms with Gasteiger partial charge in [0, 0.05) is 12.4 Å². The molecule has 3 heteroatoms. The van der Waals surface area contributed by atoms with Gasteiger partial charge >= 0.3 is 0 Å². The first-order chi connectivity index (χ1) is 8.72. The zero-order valence-corrected chi connectivity index (χ0v) is 11.9. The Morgan fingerprint density at radius 2 is 2.22 bits per heavy atom. The Bertz CT molecular complexity index is 334. The van der Waals surface area contributed by atoms with Gasteiger partial charge in [-0.2, -0.15) is 0 Å². The van der Waals surface area contributed by atoms with Crippen LogP contribution in [0, 0.1) is 17.8 Å². The van der Waals surface area contributed by atoms with Gasteiger partial charge in [-0.3, -0.25) is 0 Å². The van der Waals surface area contributed by atoms with Crippen LogP contribution in [0.4, 0.5) is 0 Å². The first-order valence-corrected chi connectivity index (χ1v) is 7.45. The van der Waals surface area contributed by atoms with Crippen LogP contribution in [-0.2, 0) is 0 Å². The summed E-state index contributed by atoms with van der Waals surface area (Å²) < 4.78 is 0. The topological polar surface area (TPSA) is 40.7 Å². The van der Waals surface area contributed by atoms with E-state index in [-0.39, 0.29) is 0 Å². The molecular formula is C15H27N3. The van der Waals surface area contributed by atoms with Crippen molar-refractivity contribution in [3.8, 4) is 0 Å². The number of hydrogen-bond acceptors (Lipinski definition) is 2. The maximum absolute atomic E-state index is 4.47. The maximum Gasteiger partial charge on any atom is 0.123 e. The van der Waals surface area contributed by atoms with Crippen LogP contribution in [0.25, 0.3) is 0 Å². The molecule has 1 aromatic rings. The van der Waals surface area contributed by atoms with Crippen LogP contribution in [-0.4, -0.2) is 16.5 Å². The Balaban J connectivity index is 2.04. The number of H-pyrrole nitrogens is 1. The average Bonchev–Trinajstić information content (AvgIpc) is 2.88. The average molecular weight is 249 g/mol. The van der Waals surface area contributed by atoms with Gasteiger partial charge in [-0.05, 0) is 43.6 Å². The molecule has 2 N–H and O–H groups in total. The molecule has 0 amide bonds. The van der Waals surface area contributed by atoms with Crippen molar-refractivity contribution in [1.82, 2.24) is 15.3 Å². The van der Waals surface area contributed by atoms with Gasteiger partial charge in [-0.25, -0.2) is 4.98 Å². The fraction of sp³-hybridized carbons (Fsp3) is 0.800. The molecule has 4 atom stereocenters. The van der Waals surface area contributed by atoms with Crippen molar-refractivity contribution in [2.75, 3.05) is 6.54 Å². The van der Waals surface area contributed by atoms with Crippen molar-refractivity contribution in [2.45, 2.75) is 52.5 Å². The van der Waals surface area contributed by atoms with Gasteiger partial charge < -0.3 is 10.3 Å². The van der Waals surface area contributed by atoms with E-state index in [1.807, 2.05) is 12.4 Å². The van der Waals surface area contributed by atoms with Crippen molar-refractivity contribution >= 4 is 0 Å². The molecule has 0 bridgehead atoms.